The van der Waals surface area contributed by atoms with Crippen molar-refractivity contribution in [3.05, 3.63) is 15.6 Å². The van der Waals surface area contributed by atoms with E-state index < -0.39 is 0 Å². The molecule has 0 spiro atoms. The van der Waals surface area contributed by atoms with Gasteiger partial charge in [0.2, 0.25) is 0 Å². The van der Waals surface area contributed by atoms with Crippen LogP contribution in [-0.4, -0.2) is 35.5 Å². The monoisotopic (exact) mass is 252 g/mol. The summed E-state index contributed by atoms with van der Waals surface area (Å²) in [4.78, 5) is 12.3. The van der Waals surface area contributed by atoms with Crippen LogP contribution in [0.4, 0.5) is 0 Å². The molecule has 1 aliphatic carbocycles. The van der Waals surface area contributed by atoms with Crippen molar-refractivity contribution in [2.24, 2.45) is 10.7 Å². The second kappa shape index (κ2) is 5.04. The van der Waals surface area contributed by atoms with Gasteiger partial charge in [-0.25, -0.2) is 4.98 Å². The summed E-state index contributed by atoms with van der Waals surface area (Å²) in [5.41, 5.74) is 7.07. The smallest absolute Gasteiger partial charge is 0.191 e. The number of aryl methyl sites for hydroxylation is 2. The topological polar surface area (TPSA) is 54.5 Å². The van der Waals surface area contributed by atoms with Gasteiger partial charge in [0.05, 0.1) is 10.7 Å². The molecule has 5 heteroatoms. The molecule has 0 radical (unpaired) electrons. The molecule has 1 heterocycles. The van der Waals surface area contributed by atoms with Crippen LogP contribution in [0.25, 0.3) is 0 Å². The number of nitrogens with zero attached hydrogens (tertiary/aromatic N) is 3. The zero-order valence-corrected chi connectivity index (χ0v) is 11.5. The van der Waals surface area contributed by atoms with Crippen LogP contribution in [0.3, 0.4) is 0 Å². The molecular weight excluding hydrogens is 232 g/mol. The highest BCUT2D eigenvalue weighted by atomic mass is 32.1. The Kier molecular flexibility index (Phi) is 3.66. The second-order valence-corrected chi connectivity index (χ2v) is 5.86. The molecule has 17 heavy (non-hydrogen) atoms. The minimum atomic E-state index is 0.631. The van der Waals surface area contributed by atoms with Crippen molar-refractivity contribution in [2.45, 2.75) is 39.2 Å². The SMILES string of the molecule is Cc1nc(C)c(CCN=C(N)N(C)C2CC2)s1. The fourth-order valence-corrected chi connectivity index (χ4v) is 2.76. The van der Waals surface area contributed by atoms with Gasteiger partial charge < -0.3 is 10.6 Å². The first-order valence-electron chi connectivity index (χ1n) is 6.03. The third-order valence-electron chi connectivity index (χ3n) is 3.07. The first-order valence-corrected chi connectivity index (χ1v) is 6.85. The lowest BCUT2D eigenvalue weighted by Gasteiger charge is -2.16. The summed E-state index contributed by atoms with van der Waals surface area (Å²) < 4.78 is 0. The van der Waals surface area contributed by atoms with Gasteiger partial charge in [0.1, 0.15) is 0 Å². The molecule has 0 aromatic carbocycles. The molecule has 1 aliphatic rings. The summed E-state index contributed by atoms with van der Waals surface area (Å²) in [6.07, 6.45) is 3.44. The second-order valence-electron chi connectivity index (χ2n) is 4.57. The van der Waals surface area contributed by atoms with Crippen molar-refractivity contribution < 1.29 is 0 Å². The van der Waals surface area contributed by atoms with Crippen LogP contribution in [0.2, 0.25) is 0 Å². The Morgan fingerprint density at radius 2 is 2.24 bits per heavy atom. The lowest BCUT2D eigenvalue weighted by atomic mass is 10.3. The van der Waals surface area contributed by atoms with E-state index in [-0.39, 0.29) is 0 Å². The van der Waals surface area contributed by atoms with Crippen LogP contribution < -0.4 is 5.73 Å². The molecule has 0 atom stereocenters. The van der Waals surface area contributed by atoms with E-state index in [4.69, 9.17) is 5.73 Å². The molecule has 0 amide bonds. The van der Waals surface area contributed by atoms with Gasteiger partial charge in [-0.1, -0.05) is 0 Å². The first-order chi connectivity index (χ1) is 8.08. The van der Waals surface area contributed by atoms with E-state index in [1.807, 2.05) is 14.0 Å². The largest absolute Gasteiger partial charge is 0.370 e. The van der Waals surface area contributed by atoms with Crippen molar-refractivity contribution in [3.63, 3.8) is 0 Å². The van der Waals surface area contributed by atoms with Crippen LogP contribution in [0.5, 0.6) is 0 Å². The first kappa shape index (κ1) is 12.4. The Balaban J connectivity index is 1.85. The number of hydrogen-bond donors (Lipinski definition) is 1. The van der Waals surface area contributed by atoms with Gasteiger partial charge in [0.15, 0.2) is 5.96 Å². The maximum Gasteiger partial charge on any atom is 0.191 e. The Labute approximate surface area is 107 Å². The molecule has 0 saturated heterocycles. The van der Waals surface area contributed by atoms with E-state index in [0.717, 1.165) is 23.7 Å². The fraction of sp³-hybridized carbons (Fsp3) is 0.667. The molecule has 0 aliphatic heterocycles. The molecule has 1 fully saturated rings. The zero-order chi connectivity index (χ0) is 12.4. The molecule has 0 bridgehead atoms. The normalized spacial score (nSPS) is 16.3. The van der Waals surface area contributed by atoms with Crippen LogP contribution >= 0.6 is 11.3 Å². The van der Waals surface area contributed by atoms with Gasteiger partial charge in [-0.05, 0) is 26.7 Å². The summed E-state index contributed by atoms with van der Waals surface area (Å²) in [5, 5.41) is 1.13. The molecule has 1 aromatic heterocycles. The number of thiazole rings is 1. The predicted molar refractivity (Wildman–Crippen MR) is 72.6 cm³/mol. The summed E-state index contributed by atoms with van der Waals surface area (Å²) in [6, 6.07) is 0.631. The summed E-state index contributed by atoms with van der Waals surface area (Å²) in [7, 11) is 2.03. The standard InChI is InChI=1S/C12H20N4S/c1-8-11(17-9(2)15-8)6-7-14-12(13)16(3)10-4-5-10/h10H,4-7H2,1-3H3,(H2,13,14). The molecule has 2 N–H and O–H groups in total. The van der Waals surface area contributed by atoms with Gasteiger partial charge in [-0.3, -0.25) is 4.99 Å². The van der Waals surface area contributed by atoms with Crippen LogP contribution in [-0.2, 0) is 6.42 Å². The fourth-order valence-electron chi connectivity index (χ4n) is 1.84. The number of hydrogen-bond acceptors (Lipinski definition) is 3. The molecule has 4 nitrogen and oxygen atoms in total. The number of aliphatic imine (C=N–C) groups is 1. The third-order valence-corrected chi connectivity index (χ3v) is 4.20. The molecule has 1 saturated carbocycles. The summed E-state index contributed by atoms with van der Waals surface area (Å²) in [6.45, 7) is 4.85. The molecule has 1 aromatic rings. The van der Waals surface area contributed by atoms with E-state index >= 15 is 0 Å². The van der Waals surface area contributed by atoms with E-state index in [1.165, 1.54) is 17.7 Å². The van der Waals surface area contributed by atoms with Crippen LogP contribution in [0.1, 0.15) is 28.4 Å². The van der Waals surface area contributed by atoms with Crippen molar-refractivity contribution >= 4 is 17.3 Å². The van der Waals surface area contributed by atoms with Crippen molar-refractivity contribution in [3.8, 4) is 0 Å². The highest BCUT2D eigenvalue weighted by molar-refractivity contribution is 7.11. The molecule has 94 valence electrons. The van der Waals surface area contributed by atoms with Crippen molar-refractivity contribution in [1.82, 2.24) is 9.88 Å². The quantitative estimate of drug-likeness (QED) is 0.655. The Morgan fingerprint density at radius 3 is 2.76 bits per heavy atom. The van der Waals surface area contributed by atoms with E-state index in [1.54, 1.807) is 11.3 Å². The van der Waals surface area contributed by atoms with E-state index in [2.05, 4.69) is 21.8 Å². The van der Waals surface area contributed by atoms with Gasteiger partial charge >= 0.3 is 0 Å². The minimum Gasteiger partial charge on any atom is -0.370 e. The third kappa shape index (κ3) is 3.19. The summed E-state index contributed by atoms with van der Waals surface area (Å²) >= 11 is 1.76. The molecular formula is C12H20N4S. The lowest BCUT2D eigenvalue weighted by Crippen LogP contribution is -2.35. The van der Waals surface area contributed by atoms with Crippen molar-refractivity contribution in [2.75, 3.05) is 13.6 Å². The minimum absolute atomic E-state index is 0.631. The zero-order valence-electron chi connectivity index (χ0n) is 10.7. The Bertz CT molecular complexity index is 420. The average molecular weight is 252 g/mol. The van der Waals surface area contributed by atoms with E-state index in [9.17, 15) is 0 Å². The number of nitrogens with two attached hydrogens (primary N) is 1. The molecule has 2 rings (SSSR count). The highest BCUT2D eigenvalue weighted by Gasteiger charge is 2.27. The van der Waals surface area contributed by atoms with Crippen molar-refractivity contribution in [1.29, 1.82) is 0 Å². The number of rotatable bonds is 4. The lowest BCUT2D eigenvalue weighted by molar-refractivity contribution is 0.487. The Hall–Kier alpha value is -1.10. The highest BCUT2D eigenvalue weighted by Crippen LogP contribution is 2.24. The van der Waals surface area contributed by atoms with Crippen LogP contribution in [0, 0.1) is 13.8 Å². The maximum atomic E-state index is 5.93. The average Bonchev–Trinajstić information content (AvgIpc) is 3.05. The van der Waals surface area contributed by atoms with Gasteiger partial charge in [0.25, 0.3) is 0 Å². The van der Waals surface area contributed by atoms with Gasteiger partial charge in [0, 0.05) is 30.9 Å². The summed E-state index contributed by atoms with van der Waals surface area (Å²) in [5.74, 6) is 0.673. The van der Waals surface area contributed by atoms with Gasteiger partial charge in [-0.2, -0.15) is 0 Å². The maximum absolute atomic E-state index is 5.93. The number of aromatic nitrogens is 1. The van der Waals surface area contributed by atoms with Crippen LogP contribution in [0.15, 0.2) is 4.99 Å². The molecule has 0 unspecified atom stereocenters. The number of guanidine groups is 1. The van der Waals surface area contributed by atoms with Gasteiger partial charge in [-0.15, -0.1) is 11.3 Å². The van der Waals surface area contributed by atoms with E-state index in [0.29, 0.717) is 12.0 Å². The Morgan fingerprint density at radius 1 is 1.53 bits per heavy atom. The predicted octanol–water partition coefficient (Wildman–Crippen LogP) is 1.71.